The third-order valence-electron chi connectivity index (χ3n) is 2.33. The van der Waals surface area contributed by atoms with Crippen molar-refractivity contribution in [1.29, 1.82) is 0 Å². The van der Waals surface area contributed by atoms with E-state index in [2.05, 4.69) is 15.9 Å². The van der Waals surface area contributed by atoms with Crippen LogP contribution in [0.25, 0.3) is 0 Å². The fraction of sp³-hybridized carbons (Fsp3) is 0.444. The van der Waals surface area contributed by atoms with Gasteiger partial charge >= 0.3 is 17.5 Å². The first-order valence-corrected chi connectivity index (χ1v) is 5.83. The summed E-state index contributed by atoms with van der Waals surface area (Å²) in [6.45, 7) is -1.21. The minimum Gasteiger partial charge on any atom is -0.394 e. The summed E-state index contributed by atoms with van der Waals surface area (Å²) < 4.78 is 26.7. The Morgan fingerprint density at radius 2 is 2.00 bits per heavy atom. The van der Waals surface area contributed by atoms with Crippen molar-refractivity contribution in [3.05, 3.63) is 31.5 Å². The first-order valence-electron chi connectivity index (χ1n) is 5.04. The standard InChI is InChI=1S/C9H9BrF2N2O6/c10-3-1-14(8(20)13-6(3)18)7(19)9(11,12)5(17)4(16)2-15/h1,4-5,15-17H,2H2,(H,13,18,20)/t4-,5+/m1/s1. The number of carbonyl (C=O) groups is 1. The Morgan fingerprint density at radius 1 is 1.45 bits per heavy atom. The molecule has 2 atom stereocenters. The number of rotatable bonds is 4. The summed E-state index contributed by atoms with van der Waals surface area (Å²) >= 11 is 2.64. The van der Waals surface area contributed by atoms with E-state index in [1.807, 2.05) is 0 Å². The molecular weight excluding hydrogens is 350 g/mol. The Balaban J connectivity index is 3.27. The number of nitrogens with zero attached hydrogens (tertiary/aromatic N) is 1. The summed E-state index contributed by atoms with van der Waals surface area (Å²) in [5.41, 5.74) is -2.37. The number of aromatic nitrogens is 2. The highest BCUT2D eigenvalue weighted by molar-refractivity contribution is 9.10. The molecule has 1 aromatic heterocycles. The highest BCUT2D eigenvalue weighted by Gasteiger charge is 2.50. The van der Waals surface area contributed by atoms with Gasteiger partial charge in [-0.25, -0.2) is 9.36 Å². The lowest BCUT2D eigenvalue weighted by Gasteiger charge is -2.24. The van der Waals surface area contributed by atoms with E-state index < -0.39 is 41.9 Å². The Labute approximate surface area is 117 Å². The molecular formula is C9H9BrF2N2O6. The average molecular weight is 359 g/mol. The van der Waals surface area contributed by atoms with Gasteiger partial charge < -0.3 is 15.3 Å². The summed E-state index contributed by atoms with van der Waals surface area (Å²) in [4.78, 5) is 35.4. The summed E-state index contributed by atoms with van der Waals surface area (Å²) in [6, 6.07) is 0. The Morgan fingerprint density at radius 3 is 2.50 bits per heavy atom. The molecule has 8 nitrogen and oxygen atoms in total. The predicted octanol–water partition coefficient (Wildman–Crippen LogP) is -1.71. The Bertz CT molecular complexity index is 628. The van der Waals surface area contributed by atoms with Gasteiger partial charge in [-0.05, 0) is 15.9 Å². The van der Waals surface area contributed by atoms with E-state index in [4.69, 9.17) is 15.3 Å². The number of aromatic amines is 1. The average Bonchev–Trinajstić information content (AvgIpc) is 2.40. The van der Waals surface area contributed by atoms with Crippen molar-refractivity contribution < 1.29 is 28.9 Å². The summed E-state index contributed by atoms with van der Waals surface area (Å²) in [5, 5.41) is 26.5. The minimum absolute atomic E-state index is 0.126. The highest BCUT2D eigenvalue weighted by Crippen LogP contribution is 2.23. The molecule has 0 aliphatic rings. The number of nitrogens with one attached hydrogen (secondary N) is 1. The van der Waals surface area contributed by atoms with Gasteiger partial charge in [0, 0.05) is 6.20 Å². The predicted molar refractivity (Wildman–Crippen MR) is 63.7 cm³/mol. The highest BCUT2D eigenvalue weighted by atomic mass is 79.9. The van der Waals surface area contributed by atoms with Crippen molar-refractivity contribution in [3.63, 3.8) is 0 Å². The molecule has 11 heteroatoms. The number of hydrogen-bond donors (Lipinski definition) is 4. The number of carbonyl (C=O) groups excluding carboxylic acids is 1. The van der Waals surface area contributed by atoms with Crippen LogP contribution in [0.2, 0.25) is 0 Å². The molecule has 0 spiro atoms. The molecule has 1 rings (SSSR count). The van der Waals surface area contributed by atoms with Gasteiger partial charge in [0.2, 0.25) is 0 Å². The molecule has 0 saturated carbocycles. The molecule has 0 aliphatic heterocycles. The van der Waals surface area contributed by atoms with Crippen LogP contribution in [0.3, 0.4) is 0 Å². The van der Waals surface area contributed by atoms with Crippen molar-refractivity contribution in [2.45, 2.75) is 18.1 Å². The van der Waals surface area contributed by atoms with Crippen LogP contribution in [0, 0.1) is 0 Å². The lowest BCUT2D eigenvalue weighted by Crippen LogP contribution is -2.53. The van der Waals surface area contributed by atoms with Crippen LogP contribution >= 0.6 is 15.9 Å². The van der Waals surface area contributed by atoms with Crippen molar-refractivity contribution in [2.24, 2.45) is 0 Å². The molecule has 0 radical (unpaired) electrons. The third-order valence-corrected chi connectivity index (χ3v) is 2.89. The van der Waals surface area contributed by atoms with Gasteiger partial charge in [-0.2, -0.15) is 8.78 Å². The zero-order chi connectivity index (χ0) is 15.7. The molecule has 0 saturated heterocycles. The quantitative estimate of drug-likeness (QED) is 0.506. The number of aliphatic hydroxyl groups excluding tert-OH is 3. The second-order valence-electron chi connectivity index (χ2n) is 3.73. The van der Waals surface area contributed by atoms with Crippen LogP contribution in [0.1, 0.15) is 4.79 Å². The Kier molecular flexibility index (Phi) is 4.91. The SMILES string of the molecule is O=C(n1cc(Br)c(=O)[nH]c1=O)C(F)(F)[C@@H](O)[C@H](O)CO. The topological polar surface area (TPSA) is 133 Å². The Hall–Kier alpha value is -1.43. The molecule has 4 N–H and O–H groups in total. The first kappa shape index (κ1) is 16.6. The molecule has 0 bridgehead atoms. The van der Waals surface area contributed by atoms with Gasteiger partial charge in [0.25, 0.3) is 5.56 Å². The zero-order valence-electron chi connectivity index (χ0n) is 9.59. The molecule has 20 heavy (non-hydrogen) atoms. The van der Waals surface area contributed by atoms with E-state index in [-0.39, 0.29) is 9.04 Å². The lowest BCUT2D eigenvalue weighted by atomic mass is 10.1. The molecule has 1 aromatic rings. The normalized spacial score (nSPS) is 14.9. The maximum absolute atomic E-state index is 13.6. The van der Waals surface area contributed by atoms with Crippen LogP contribution in [-0.4, -0.2) is 55.5 Å². The van der Waals surface area contributed by atoms with Gasteiger partial charge in [0.05, 0.1) is 11.1 Å². The van der Waals surface area contributed by atoms with E-state index in [0.717, 1.165) is 0 Å². The summed E-state index contributed by atoms with van der Waals surface area (Å²) in [5.74, 6) is -6.72. The summed E-state index contributed by atoms with van der Waals surface area (Å²) in [6.07, 6.45) is -4.69. The maximum Gasteiger partial charge on any atom is 0.353 e. The molecule has 0 fully saturated rings. The fourth-order valence-electron chi connectivity index (χ4n) is 1.23. The van der Waals surface area contributed by atoms with Gasteiger partial charge in [0.15, 0.2) is 6.10 Å². The third kappa shape index (κ3) is 3.00. The second-order valence-corrected chi connectivity index (χ2v) is 4.58. The van der Waals surface area contributed by atoms with E-state index in [0.29, 0.717) is 6.20 Å². The van der Waals surface area contributed by atoms with E-state index in [9.17, 15) is 23.2 Å². The maximum atomic E-state index is 13.6. The fourth-order valence-corrected chi connectivity index (χ4v) is 1.53. The number of H-pyrrole nitrogens is 1. The molecule has 0 amide bonds. The van der Waals surface area contributed by atoms with Gasteiger partial charge in [-0.1, -0.05) is 0 Å². The number of aliphatic hydroxyl groups is 3. The van der Waals surface area contributed by atoms with Crippen LogP contribution < -0.4 is 11.2 Å². The second kappa shape index (κ2) is 5.91. The van der Waals surface area contributed by atoms with Crippen molar-refractivity contribution in [3.8, 4) is 0 Å². The van der Waals surface area contributed by atoms with E-state index >= 15 is 0 Å². The van der Waals surface area contributed by atoms with Gasteiger partial charge in [-0.15, -0.1) is 0 Å². The van der Waals surface area contributed by atoms with Crippen molar-refractivity contribution in [1.82, 2.24) is 9.55 Å². The minimum atomic E-state index is -4.55. The number of halogens is 3. The molecule has 0 aromatic carbocycles. The summed E-state index contributed by atoms with van der Waals surface area (Å²) in [7, 11) is 0. The zero-order valence-corrected chi connectivity index (χ0v) is 11.2. The van der Waals surface area contributed by atoms with Gasteiger partial charge in [0.1, 0.15) is 6.10 Å². The lowest BCUT2D eigenvalue weighted by molar-refractivity contribution is -0.136. The first-order chi connectivity index (χ1) is 9.12. The van der Waals surface area contributed by atoms with Gasteiger partial charge in [-0.3, -0.25) is 14.6 Å². The van der Waals surface area contributed by atoms with Crippen LogP contribution in [-0.2, 0) is 0 Å². The molecule has 0 unspecified atom stereocenters. The smallest absolute Gasteiger partial charge is 0.353 e. The monoisotopic (exact) mass is 358 g/mol. The van der Waals surface area contributed by atoms with Crippen LogP contribution in [0.5, 0.6) is 0 Å². The van der Waals surface area contributed by atoms with E-state index in [1.165, 1.54) is 0 Å². The van der Waals surface area contributed by atoms with Crippen LogP contribution in [0.15, 0.2) is 20.3 Å². The largest absolute Gasteiger partial charge is 0.394 e. The number of hydrogen-bond acceptors (Lipinski definition) is 6. The molecule has 1 heterocycles. The van der Waals surface area contributed by atoms with Crippen molar-refractivity contribution in [2.75, 3.05) is 6.61 Å². The van der Waals surface area contributed by atoms with E-state index in [1.54, 1.807) is 4.98 Å². The molecule has 112 valence electrons. The molecule has 0 aliphatic carbocycles. The van der Waals surface area contributed by atoms with Crippen LogP contribution in [0.4, 0.5) is 8.78 Å². The number of alkyl halides is 2. The van der Waals surface area contributed by atoms with Crippen molar-refractivity contribution >= 4 is 21.8 Å².